The van der Waals surface area contributed by atoms with E-state index in [4.69, 9.17) is 0 Å². The molecule has 2 atom stereocenters. The monoisotopic (exact) mass is 490 g/mol. The molecule has 190 valence electrons. The number of hydrogen-bond acceptors (Lipinski definition) is 0. The van der Waals surface area contributed by atoms with Gasteiger partial charge < -0.3 is 0 Å². The minimum Gasteiger partial charge on any atom is -0.100 e. The van der Waals surface area contributed by atoms with E-state index in [9.17, 15) is 0 Å². The highest BCUT2D eigenvalue weighted by molar-refractivity contribution is 7.59. The van der Waals surface area contributed by atoms with Crippen molar-refractivity contribution in [2.24, 2.45) is 11.8 Å². The molecule has 0 heterocycles. The van der Waals surface area contributed by atoms with E-state index in [-0.39, 0.29) is 0 Å². The second-order valence-electron chi connectivity index (χ2n) is 13.0. The molecule has 5 rings (SSSR count). The molecule has 33 heavy (non-hydrogen) atoms. The molecular weight excluding hydrogens is 434 g/mol. The lowest BCUT2D eigenvalue weighted by Gasteiger charge is -2.43. The topological polar surface area (TPSA) is 0 Å². The molecule has 5 aliphatic rings. The molecule has 0 N–H and O–H groups in total. The van der Waals surface area contributed by atoms with Crippen molar-refractivity contribution in [2.75, 3.05) is 12.3 Å². The Labute approximate surface area is 210 Å². The van der Waals surface area contributed by atoms with Crippen molar-refractivity contribution in [1.29, 1.82) is 0 Å². The fraction of sp³-hybridized carbons (Fsp3) is 1.00. The Morgan fingerprint density at radius 3 is 0.848 bits per heavy atom. The molecule has 0 aliphatic heterocycles. The standard InChI is InChI=1S/C31H56P2/c1-5-16-28(17-6-1)32(29-18-7-2-8-19-29)24-26-14-13-15-27(26)25-33(30-20-9-3-10-21-30)31-22-11-4-12-23-31/h26-31H,1-25H2/t26-,27-/m1/s1. The van der Waals surface area contributed by atoms with Gasteiger partial charge in [0.2, 0.25) is 0 Å². The molecule has 0 aromatic rings. The van der Waals surface area contributed by atoms with Crippen LogP contribution >= 0.6 is 15.8 Å². The molecule has 5 saturated carbocycles. The highest BCUT2D eigenvalue weighted by Gasteiger charge is 2.39. The van der Waals surface area contributed by atoms with Gasteiger partial charge in [-0.3, -0.25) is 0 Å². The first-order valence-corrected chi connectivity index (χ1v) is 19.2. The van der Waals surface area contributed by atoms with E-state index in [0.717, 1.165) is 11.8 Å². The van der Waals surface area contributed by atoms with Crippen LogP contribution in [0.5, 0.6) is 0 Å². The minimum absolute atomic E-state index is 0.319. The summed E-state index contributed by atoms with van der Waals surface area (Å²) in [5.74, 6) is 2.30. The third-order valence-corrected chi connectivity index (χ3v) is 18.5. The van der Waals surface area contributed by atoms with Crippen molar-refractivity contribution < 1.29 is 0 Å². The Kier molecular flexibility index (Phi) is 10.4. The van der Waals surface area contributed by atoms with Gasteiger partial charge in [0.05, 0.1) is 0 Å². The smallest absolute Gasteiger partial charge is 0.0207 e. The molecule has 5 fully saturated rings. The number of hydrogen-bond donors (Lipinski definition) is 0. The van der Waals surface area contributed by atoms with Gasteiger partial charge in [0, 0.05) is 0 Å². The van der Waals surface area contributed by atoms with Gasteiger partial charge in [-0.2, -0.15) is 0 Å². The molecule has 5 aliphatic carbocycles. The van der Waals surface area contributed by atoms with Gasteiger partial charge >= 0.3 is 0 Å². The van der Waals surface area contributed by atoms with Crippen LogP contribution in [0.3, 0.4) is 0 Å². The third kappa shape index (κ3) is 7.00. The molecular formula is C31H56P2. The van der Waals surface area contributed by atoms with Crippen molar-refractivity contribution in [1.82, 2.24) is 0 Å². The van der Waals surface area contributed by atoms with Crippen LogP contribution in [0.1, 0.15) is 148 Å². The average molecular weight is 491 g/mol. The molecule has 0 aromatic carbocycles. The summed E-state index contributed by atoms with van der Waals surface area (Å²) in [6.07, 6.45) is 40.0. The van der Waals surface area contributed by atoms with E-state index in [1.165, 1.54) is 22.6 Å². The average Bonchev–Trinajstić information content (AvgIpc) is 3.34. The highest BCUT2D eigenvalue weighted by atomic mass is 31.1. The van der Waals surface area contributed by atoms with Gasteiger partial charge in [-0.25, -0.2) is 0 Å². The van der Waals surface area contributed by atoms with Gasteiger partial charge in [-0.05, 0) is 111 Å². The summed E-state index contributed by atoms with van der Waals surface area (Å²) in [6.45, 7) is 0. The maximum Gasteiger partial charge on any atom is -0.0207 e. The zero-order valence-electron chi connectivity index (χ0n) is 22.0. The van der Waals surface area contributed by atoms with Crippen molar-refractivity contribution in [3.8, 4) is 0 Å². The summed E-state index contributed by atoms with van der Waals surface area (Å²) >= 11 is 0. The highest BCUT2D eigenvalue weighted by Crippen LogP contribution is 2.61. The fourth-order valence-electron chi connectivity index (χ4n) is 8.98. The summed E-state index contributed by atoms with van der Waals surface area (Å²) in [4.78, 5) is 0. The van der Waals surface area contributed by atoms with Gasteiger partial charge in [-0.15, -0.1) is 15.8 Å². The Morgan fingerprint density at radius 2 is 0.576 bits per heavy atom. The van der Waals surface area contributed by atoms with Gasteiger partial charge in [0.15, 0.2) is 0 Å². The summed E-state index contributed by atoms with van der Waals surface area (Å²) in [6, 6.07) is 0. The second-order valence-corrected chi connectivity index (χ2v) is 18.7. The normalized spacial score (nSPS) is 32.2. The Hall–Kier alpha value is 0.860. The molecule has 0 radical (unpaired) electrons. The summed E-state index contributed by atoms with van der Waals surface area (Å²) < 4.78 is 0. The van der Waals surface area contributed by atoms with Crippen LogP contribution in [0.25, 0.3) is 0 Å². The van der Waals surface area contributed by atoms with Gasteiger partial charge in [0.25, 0.3) is 0 Å². The lowest BCUT2D eigenvalue weighted by atomic mass is 9.99. The van der Waals surface area contributed by atoms with Crippen molar-refractivity contribution in [3.63, 3.8) is 0 Å². The van der Waals surface area contributed by atoms with Crippen molar-refractivity contribution >= 4 is 15.8 Å². The Morgan fingerprint density at radius 1 is 0.303 bits per heavy atom. The van der Waals surface area contributed by atoms with Crippen LogP contribution in [0.4, 0.5) is 0 Å². The van der Waals surface area contributed by atoms with Gasteiger partial charge in [0.1, 0.15) is 0 Å². The fourth-order valence-corrected chi connectivity index (χ4v) is 17.5. The lowest BCUT2D eigenvalue weighted by molar-refractivity contribution is 0.440. The van der Waals surface area contributed by atoms with E-state index in [1.807, 2.05) is 0 Å². The molecule has 0 unspecified atom stereocenters. The summed E-state index contributed by atoms with van der Waals surface area (Å²) in [5, 5.41) is 0. The second kappa shape index (κ2) is 13.4. The maximum absolute atomic E-state index is 1.73. The zero-order valence-corrected chi connectivity index (χ0v) is 23.8. The molecule has 2 heteroatoms. The van der Waals surface area contributed by atoms with Gasteiger partial charge in [-0.1, -0.05) is 83.5 Å². The summed E-state index contributed by atoms with van der Waals surface area (Å²) in [5.41, 5.74) is 4.71. The SMILES string of the molecule is C1CCC(P(C[C@H]2CCC[C@@H]2CP(C2CCCCC2)C2CCCCC2)C2CCCCC2)CC1. The van der Waals surface area contributed by atoms with Crippen LogP contribution in [0.15, 0.2) is 0 Å². The Balaban J connectivity index is 1.26. The first kappa shape index (κ1) is 25.5. The molecule has 0 amide bonds. The minimum atomic E-state index is 0.319. The molecule has 0 bridgehead atoms. The molecule has 0 spiro atoms. The first-order chi connectivity index (χ1) is 16.4. The predicted octanol–water partition coefficient (Wildman–Crippen LogP) is 10.7. The van der Waals surface area contributed by atoms with Crippen molar-refractivity contribution in [2.45, 2.75) is 170 Å². The first-order valence-electron chi connectivity index (χ1n) is 15.9. The van der Waals surface area contributed by atoms with Crippen LogP contribution in [0, 0.1) is 11.8 Å². The van der Waals surface area contributed by atoms with Crippen LogP contribution in [0.2, 0.25) is 0 Å². The third-order valence-electron chi connectivity index (χ3n) is 10.9. The zero-order chi connectivity index (χ0) is 22.3. The van der Waals surface area contributed by atoms with Crippen LogP contribution in [-0.2, 0) is 0 Å². The molecule has 0 nitrogen and oxygen atoms in total. The predicted molar refractivity (Wildman–Crippen MR) is 152 cm³/mol. The molecule has 0 aromatic heterocycles. The van der Waals surface area contributed by atoms with E-state index in [1.54, 1.807) is 160 Å². The molecule has 0 saturated heterocycles. The van der Waals surface area contributed by atoms with Crippen molar-refractivity contribution in [3.05, 3.63) is 0 Å². The quantitative estimate of drug-likeness (QED) is 0.297. The van der Waals surface area contributed by atoms with E-state index < -0.39 is 0 Å². The van der Waals surface area contributed by atoms with E-state index >= 15 is 0 Å². The van der Waals surface area contributed by atoms with E-state index in [0.29, 0.717) is 15.8 Å². The maximum atomic E-state index is 1.73. The largest absolute Gasteiger partial charge is 0.100 e. The summed E-state index contributed by atoms with van der Waals surface area (Å²) in [7, 11) is 0.637. The number of rotatable bonds is 8. The van der Waals surface area contributed by atoms with Crippen LogP contribution in [-0.4, -0.2) is 35.0 Å². The van der Waals surface area contributed by atoms with Crippen LogP contribution < -0.4 is 0 Å². The van der Waals surface area contributed by atoms with E-state index in [2.05, 4.69) is 0 Å². The lowest BCUT2D eigenvalue weighted by Crippen LogP contribution is -2.28. The Bertz CT molecular complexity index is 453.